The lowest BCUT2D eigenvalue weighted by Crippen LogP contribution is -2.02. The third-order valence-electron chi connectivity index (χ3n) is 1.41. The van der Waals surface area contributed by atoms with Gasteiger partial charge in [-0.2, -0.15) is 0 Å². The molecule has 1 nitrogen and oxygen atoms in total. The van der Waals surface area contributed by atoms with Crippen molar-refractivity contribution in [2.75, 3.05) is 0 Å². The second-order valence-electron chi connectivity index (χ2n) is 2.15. The Bertz CT molecular complexity index is 289. The van der Waals surface area contributed by atoms with Crippen LogP contribution in [0.3, 0.4) is 0 Å². The van der Waals surface area contributed by atoms with Crippen LogP contribution in [0.2, 0.25) is 0 Å². The molecule has 0 aliphatic heterocycles. The minimum Gasteiger partial charge on any atom is -0.326 e. The maximum atomic E-state index is 12.8. The molecule has 0 amide bonds. The average Bonchev–Trinajstić information content (AvgIpc) is 2.02. The Hall–Kier alpha value is -0.000000000000000111. The summed E-state index contributed by atoms with van der Waals surface area (Å²) in [6, 6.07) is 0.799. The molecule has 5 heteroatoms. The van der Waals surface area contributed by atoms with Crippen molar-refractivity contribution in [3.05, 3.63) is 32.2 Å². The van der Waals surface area contributed by atoms with Crippen LogP contribution in [0.5, 0.6) is 0 Å². The fourth-order valence-electron chi connectivity index (χ4n) is 0.802. The largest absolute Gasteiger partial charge is 0.326 e. The number of benzene rings is 1. The monoisotopic (exact) mass is 299 g/mol. The second-order valence-corrected chi connectivity index (χ2v) is 3.74. The minimum atomic E-state index is -0.642. The molecule has 2 N–H and O–H groups in total. The quantitative estimate of drug-likeness (QED) is 0.793. The van der Waals surface area contributed by atoms with E-state index in [2.05, 4.69) is 31.9 Å². The van der Waals surface area contributed by atoms with Gasteiger partial charge in [-0.3, -0.25) is 0 Å². The molecule has 1 aromatic carbocycles. The van der Waals surface area contributed by atoms with Crippen LogP contribution in [-0.4, -0.2) is 0 Å². The number of nitrogens with two attached hydrogens (primary N) is 1. The lowest BCUT2D eigenvalue weighted by molar-refractivity contribution is 0.570. The molecular formula is C7H5Br2F2N. The van der Waals surface area contributed by atoms with Gasteiger partial charge in [0.2, 0.25) is 0 Å². The normalized spacial score (nSPS) is 10.4. The summed E-state index contributed by atoms with van der Waals surface area (Å²) in [5.74, 6) is -1.28. The van der Waals surface area contributed by atoms with E-state index in [0.717, 1.165) is 6.07 Å². The van der Waals surface area contributed by atoms with Crippen molar-refractivity contribution in [1.29, 1.82) is 0 Å². The van der Waals surface area contributed by atoms with Crippen molar-refractivity contribution in [2.24, 2.45) is 5.73 Å². The van der Waals surface area contributed by atoms with Gasteiger partial charge in [0.05, 0.1) is 8.95 Å². The maximum absolute atomic E-state index is 12.8. The zero-order chi connectivity index (χ0) is 9.30. The van der Waals surface area contributed by atoms with Crippen LogP contribution < -0.4 is 5.73 Å². The van der Waals surface area contributed by atoms with Crippen LogP contribution >= 0.6 is 31.9 Å². The van der Waals surface area contributed by atoms with Crippen LogP contribution in [0.1, 0.15) is 5.56 Å². The summed E-state index contributed by atoms with van der Waals surface area (Å²) in [5.41, 5.74) is 5.69. The topological polar surface area (TPSA) is 26.0 Å². The lowest BCUT2D eigenvalue weighted by atomic mass is 10.2. The lowest BCUT2D eigenvalue weighted by Gasteiger charge is -2.06. The number of halogens is 4. The van der Waals surface area contributed by atoms with Crippen LogP contribution in [0.4, 0.5) is 8.78 Å². The van der Waals surface area contributed by atoms with Crippen molar-refractivity contribution >= 4 is 31.9 Å². The molecule has 0 fully saturated rings. The van der Waals surface area contributed by atoms with Crippen LogP contribution in [0.25, 0.3) is 0 Å². The van der Waals surface area contributed by atoms with E-state index in [9.17, 15) is 8.78 Å². The van der Waals surface area contributed by atoms with Gasteiger partial charge in [0.15, 0.2) is 0 Å². The Labute approximate surface area is 85.2 Å². The molecule has 0 unspecified atom stereocenters. The van der Waals surface area contributed by atoms with Gasteiger partial charge >= 0.3 is 0 Å². The number of rotatable bonds is 1. The molecule has 0 aromatic heterocycles. The van der Waals surface area contributed by atoms with Crippen molar-refractivity contribution in [1.82, 2.24) is 0 Å². The summed E-state index contributed by atoms with van der Waals surface area (Å²) in [5, 5.41) is 0. The zero-order valence-corrected chi connectivity index (χ0v) is 9.05. The summed E-state index contributed by atoms with van der Waals surface area (Å²) < 4.78 is 26.1. The predicted molar refractivity (Wildman–Crippen MR) is 49.6 cm³/mol. The SMILES string of the molecule is NCc1c(Br)c(F)cc(F)c1Br. The molecule has 1 rings (SSSR count). The number of hydrogen-bond acceptors (Lipinski definition) is 1. The third kappa shape index (κ3) is 1.67. The molecule has 0 bridgehead atoms. The zero-order valence-electron chi connectivity index (χ0n) is 5.87. The molecule has 0 atom stereocenters. The van der Waals surface area contributed by atoms with Crippen molar-refractivity contribution in [3.63, 3.8) is 0 Å². The summed E-state index contributed by atoms with van der Waals surface area (Å²) in [7, 11) is 0. The summed E-state index contributed by atoms with van der Waals surface area (Å²) >= 11 is 5.95. The molecule has 66 valence electrons. The van der Waals surface area contributed by atoms with Gasteiger partial charge in [0.1, 0.15) is 11.6 Å². The molecule has 0 saturated carbocycles. The Morgan fingerprint density at radius 2 is 1.58 bits per heavy atom. The van der Waals surface area contributed by atoms with E-state index < -0.39 is 11.6 Å². The molecule has 0 saturated heterocycles. The molecule has 0 spiro atoms. The Kier molecular flexibility index (Phi) is 3.20. The minimum absolute atomic E-state index is 0.0792. The van der Waals surface area contributed by atoms with Crippen molar-refractivity contribution in [2.45, 2.75) is 6.54 Å². The van der Waals surface area contributed by atoms with Gasteiger partial charge in [-0.15, -0.1) is 0 Å². The van der Waals surface area contributed by atoms with Crippen LogP contribution in [0, 0.1) is 11.6 Å². The Balaban J connectivity index is 3.42. The first-order chi connectivity index (χ1) is 5.57. The maximum Gasteiger partial charge on any atom is 0.140 e. The van der Waals surface area contributed by atoms with Crippen LogP contribution in [0.15, 0.2) is 15.0 Å². The van der Waals surface area contributed by atoms with E-state index in [1.54, 1.807) is 0 Å². The fourth-order valence-corrected chi connectivity index (χ4v) is 2.02. The highest BCUT2D eigenvalue weighted by atomic mass is 79.9. The summed E-state index contributed by atoms with van der Waals surface area (Å²) in [6.07, 6.45) is 0. The van der Waals surface area contributed by atoms with Crippen LogP contribution in [-0.2, 0) is 6.54 Å². The second kappa shape index (κ2) is 3.81. The van der Waals surface area contributed by atoms with Gasteiger partial charge < -0.3 is 5.73 Å². The number of hydrogen-bond donors (Lipinski definition) is 1. The molecule has 0 radical (unpaired) electrons. The van der Waals surface area contributed by atoms with E-state index >= 15 is 0 Å². The molecule has 0 aliphatic carbocycles. The highest BCUT2D eigenvalue weighted by Gasteiger charge is 2.13. The Morgan fingerprint density at radius 1 is 1.17 bits per heavy atom. The van der Waals surface area contributed by atoms with E-state index in [1.165, 1.54) is 0 Å². The highest BCUT2D eigenvalue weighted by Crippen LogP contribution is 2.29. The fraction of sp³-hybridized carbons (Fsp3) is 0.143. The summed E-state index contributed by atoms with van der Waals surface area (Å²) in [6.45, 7) is 0.0792. The third-order valence-corrected chi connectivity index (χ3v) is 3.12. The molecule has 0 heterocycles. The molecule has 12 heavy (non-hydrogen) atoms. The molecular weight excluding hydrogens is 296 g/mol. The van der Waals surface area contributed by atoms with E-state index in [1.807, 2.05) is 0 Å². The predicted octanol–water partition coefficient (Wildman–Crippen LogP) is 2.95. The summed E-state index contributed by atoms with van der Waals surface area (Å²) in [4.78, 5) is 0. The first-order valence-corrected chi connectivity index (χ1v) is 4.68. The van der Waals surface area contributed by atoms with Gasteiger partial charge in [-0.1, -0.05) is 0 Å². The average molecular weight is 301 g/mol. The van der Waals surface area contributed by atoms with E-state index in [0.29, 0.717) is 5.56 Å². The van der Waals surface area contributed by atoms with Gasteiger partial charge in [0, 0.05) is 12.6 Å². The van der Waals surface area contributed by atoms with Gasteiger partial charge in [-0.05, 0) is 37.4 Å². The Morgan fingerprint density at radius 3 is 1.92 bits per heavy atom. The van der Waals surface area contributed by atoms with Crippen molar-refractivity contribution in [3.8, 4) is 0 Å². The molecule has 0 aliphatic rings. The first-order valence-electron chi connectivity index (χ1n) is 3.10. The standard InChI is InChI=1S/C7H5Br2F2N/c8-6-3(2-12)7(9)5(11)1-4(6)10/h1H,2,12H2. The van der Waals surface area contributed by atoms with E-state index in [4.69, 9.17) is 5.73 Å². The van der Waals surface area contributed by atoms with Crippen molar-refractivity contribution < 1.29 is 8.78 Å². The first kappa shape index (κ1) is 10.1. The smallest absolute Gasteiger partial charge is 0.140 e. The molecule has 1 aromatic rings. The van der Waals surface area contributed by atoms with Gasteiger partial charge in [0.25, 0.3) is 0 Å². The van der Waals surface area contributed by atoms with E-state index in [-0.39, 0.29) is 15.5 Å². The highest BCUT2D eigenvalue weighted by molar-refractivity contribution is 9.11. The van der Waals surface area contributed by atoms with Gasteiger partial charge in [-0.25, -0.2) is 8.78 Å².